The summed E-state index contributed by atoms with van der Waals surface area (Å²) in [6.07, 6.45) is 8.42. The average molecular weight is 399 g/mol. The SMILES string of the molecule is C[C@H]1CCCC[C@]12NC(=O)N(C[NH+]1CC[NH+](C/C=C/c3ccccc3)CC1)C2=O. The summed E-state index contributed by atoms with van der Waals surface area (Å²) in [7, 11) is 0. The first kappa shape index (κ1) is 20.1. The highest BCUT2D eigenvalue weighted by molar-refractivity contribution is 6.07. The Labute approximate surface area is 173 Å². The molecule has 0 aromatic heterocycles. The van der Waals surface area contributed by atoms with E-state index < -0.39 is 5.54 Å². The van der Waals surface area contributed by atoms with E-state index in [-0.39, 0.29) is 17.9 Å². The lowest BCUT2D eigenvalue weighted by Gasteiger charge is -2.37. The minimum atomic E-state index is -0.635. The van der Waals surface area contributed by atoms with Crippen LogP contribution in [0.15, 0.2) is 36.4 Å². The summed E-state index contributed by atoms with van der Waals surface area (Å²) in [5.74, 6) is 0.244. The lowest BCUT2D eigenvalue weighted by Crippen LogP contribution is -3.28. The molecule has 6 heteroatoms. The molecule has 0 radical (unpaired) electrons. The van der Waals surface area contributed by atoms with E-state index in [1.54, 1.807) is 4.90 Å². The molecule has 3 N–H and O–H groups in total. The van der Waals surface area contributed by atoms with Crippen LogP contribution in [-0.4, -0.2) is 61.8 Å². The van der Waals surface area contributed by atoms with Gasteiger partial charge in [-0.05, 0) is 30.4 Å². The Bertz CT molecular complexity index is 757. The summed E-state index contributed by atoms with van der Waals surface area (Å²) in [5.41, 5.74) is 0.602. The van der Waals surface area contributed by atoms with E-state index in [0.717, 1.165) is 58.4 Å². The molecule has 1 saturated carbocycles. The normalized spacial score (nSPS) is 32.9. The quantitative estimate of drug-likeness (QED) is 0.609. The molecule has 0 bridgehead atoms. The summed E-state index contributed by atoms with van der Waals surface area (Å²) in [4.78, 5) is 30.1. The van der Waals surface area contributed by atoms with Crippen molar-refractivity contribution in [3.63, 3.8) is 0 Å². The summed E-state index contributed by atoms with van der Waals surface area (Å²) in [6, 6.07) is 10.2. The van der Waals surface area contributed by atoms with Crippen LogP contribution in [0.25, 0.3) is 6.08 Å². The standard InChI is InChI=1S/C23H32N4O2/c1-19-8-5-6-12-23(19)21(28)27(22(29)24-23)18-26-16-14-25(15-17-26)13-7-11-20-9-3-2-4-10-20/h2-4,7,9-11,19H,5-6,8,12-18H2,1H3,(H,24,29)/p+2/b11-7+/t19-,23-/m0/s1. The molecule has 1 spiro atoms. The Hall–Kier alpha value is -2.18. The van der Waals surface area contributed by atoms with E-state index in [1.165, 1.54) is 15.4 Å². The number of amides is 3. The minimum Gasteiger partial charge on any atom is -0.323 e. The fourth-order valence-electron chi connectivity index (χ4n) is 5.11. The molecule has 0 unspecified atom stereocenters. The van der Waals surface area contributed by atoms with Gasteiger partial charge in [-0.1, -0.05) is 56.2 Å². The minimum absolute atomic E-state index is 0.0165. The van der Waals surface area contributed by atoms with Crippen LogP contribution in [0.3, 0.4) is 0 Å². The molecule has 6 nitrogen and oxygen atoms in total. The van der Waals surface area contributed by atoms with Gasteiger partial charge in [-0.15, -0.1) is 0 Å². The molecule has 2 aliphatic heterocycles. The highest BCUT2D eigenvalue weighted by Crippen LogP contribution is 2.37. The van der Waals surface area contributed by atoms with Crippen molar-refractivity contribution in [1.29, 1.82) is 0 Å². The molecule has 156 valence electrons. The number of piperazine rings is 1. The predicted molar refractivity (Wildman–Crippen MR) is 112 cm³/mol. The summed E-state index contributed by atoms with van der Waals surface area (Å²) in [6.45, 7) is 7.76. The second kappa shape index (κ2) is 8.67. The Morgan fingerprint density at radius 3 is 2.55 bits per heavy atom. The lowest BCUT2D eigenvalue weighted by molar-refractivity contribution is -1.01. The van der Waals surface area contributed by atoms with Crippen LogP contribution in [0.1, 0.15) is 38.2 Å². The van der Waals surface area contributed by atoms with Crippen LogP contribution in [0.5, 0.6) is 0 Å². The number of nitrogens with one attached hydrogen (secondary N) is 3. The van der Waals surface area contributed by atoms with Gasteiger partial charge in [0.15, 0.2) is 6.67 Å². The van der Waals surface area contributed by atoms with Gasteiger partial charge < -0.3 is 15.1 Å². The van der Waals surface area contributed by atoms with E-state index in [2.05, 4.69) is 48.7 Å². The predicted octanol–water partition coefficient (Wildman–Crippen LogP) is -0.0586. The van der Waals surface area contributed by atoms with Gasteiger partial charge in [0.05, 0.1) is 6.54 Å². The van der Waals surface area contributed by atoms with Gasteiger partial charge >= 0.3 is 6.03 Å². The van der Waals surface area contributed by atoms with Crippen molar-refractivity contribution in [3.05, 3.63) is 42.0 Å². The number of hydrogen-bond donors (Lipinski definition) is 3. The third-order valence-corrected chi connectivity index (χ3v) is 7.06. The monoisotopic (exact) mass is 398 g/mol. The molecule has 4 rings (SSSR count). The first-order chi connectivity index (χ1) is 14.1. The average Bonchev–Trinajstić information content (AvgIpc) is 2.97. The number of urea groups is 1. The van der Waals surface area contributed by atoms with Crippen LogP contribution in [-0.2, 0) is 4.79 Å². The Kier molecular flexibility index (Phi) is 6.01. The number of imide groups is 1. The lowest BCUT2D eigenvalue weighted by atomic mass is 9.73. The molecule has 2 atom stereocenters. The second-order valence-corrected chi connectivity index (χ2v) is 8.96. The van der Waals surface area contributed by atoms with Gasteiger partial charge in [0.1, 0.15) is 31.7 Å². The number of hydrogen-bond acceptors (Lipinski definition) is 2. The van der Waals surface area contributed by atoms with E-state index in [0.29, 0.717) is 6.67 Å². The number of rotatable bonds is 5. The first-order valence-corrected chi connectivity index (χ1v) is 11.1. The zero-order valence-corrected chi connectivity index (χ0v) is 17.5. The van der Waals surface area contributed by atoms with E-state index in [4.69, 9.17) is 0 Å². The van der Waals surface area contributed by atoms with Crippen LogP contribution in [0, 0.1) is 5.92 Å². The first-order valence-electron chi connectivity index (χ1n) is 11.1. The molecule has 29 heavy (non-hydrogen) atoms. The second-order valence-electron chi connectivity index (χ2n) is 8.96. The molecule has 2 saturated heterocycles. The maximum Gasteiger partial charge on any atom is 0.329 e. The van der Waals surface area contributed by atoms with E-state index in [9.17, 15) is 9.59 Å². The van der Waals surface area contributed by atoms with Crippen LogP contribution in [0.4, 0.5) is 4.79 Å². The van der Waals surface area contributed by atoms with Crippen molar-refractivity contribution in [2.24, 2.45) is 5.92 Å². The molecular weight excluding hydrogens is 364 g/mol. The number of quaternary nitrogens is 2. The van der Waals surface area contributed by atoms with Gasteiger partial charge in [-0.3, -0.25) is 4.79 Å². The fraction of sp³-hybridized carbons (Fsp3) is 0.565. The third-order valence-electron chi connectivity index (χ3n) is 7.06. The molecule has 3 fully saturated rings. The van der Waals surface area contributed by atoms with Crippen molar-refractivity contribution < 1.29 is 19.4 Å². The van der Waals surface area contributed by atoms with Crippen molar-refractivity contribution in [2.75, 3.05) is 39.4 Å². The maximum atomic E-state index is 13.1. The van der Waals surface area contributed by atoms with Crippen LogP contribution < -0.4 is 15.1 Å². The molecule has 3 aliphatic rings. The Morgan fingerprint density at radius 2 is 1.83 bits per heavy atom. The summed E-state index contributed by atoms with van der Waals surface area (Å²) < 4.78 is 0. The van der Waals surface area contributed by atoms with Gasteiger partial charge in [0.2, 0.25) is 0 Å². The highest BCUT2D eigenvalue weighted by atomic mass is 16.2. The summed E-state index contributed by atoms with van der Waals surface area (Å²) in [5, 5.41) is 3.07. The Morgan fingerprint density at radius 1 is 1.10 bits per heavy atom. The smallest absolute Gasteiger partial charge is 0.323 e. The van der Waals surface area contributed by atoms with Crippen molar-refractivity contribution in [1.82, 2.24) is 10.2 Å². The largest absolute Gasteiger partial charge is 0.329 e. The maximum absolute atomic E-state index is 13.1. The Balaban J connectivity index is 1.27. The summed E-state index contributed by atoms with van der Waals surface area (Å²) >= 11 is 0. The van der Waals surface area contributed by atoms with Crippen molar-refractivity contribution >= 4 is 18.0 Å². The molecule has 1 aromatic carbocycles. The third kappa shape index (κ3) is 4.23. The fourth-order valence-corrected chi connectivity index (χ4v) is 5.11. The number of carbonyl (C=O) groups excluding carboxylic acids is 2. The van der Waals surface area contributed by atoms with E-state index >= 15 is 0 Å². The zero-order valence-electron chi connectivity index (χ0n) is 17.5. The van der Waals surface area contributed by atoms with Crippen molar-refractivity contribution in [3.8, 4) is 0 Å². The topological polar surface area (TPSA) is 58.3 Å². The molecule has 3 amide bonds. The molecule has 2 heterocycles. The van der Waals surface area contributed by atoms with Crippen LogP contribution >= 0.6 is 0 Å². The molecular formula is C23H34N4O2+2. The van der Waals surface area contributed by atoms with Gasteiger partial charge in [0, 0.05) is 0 Å². The number of nitrogens with zero attached hydrogens (tertiary/aromatic N) is 1. The van der Waals surface area contributed by atoms with E-state index in [1.807, 2.05) is 6.07 Å². The number of benzene rings is 1. The molecule has 1 aromatic rings. The van der Waals surface area contributed by atoms with Gasteiger partial charge in [-0.25, -0.2) is 9.69 Å². The van der Waals surface area contributed by atoms with Crippen LogP contribution in [0.2, 0.25) is 0 Å². The molecule has 1 aliphatic carbocycles. The van der Waals surface area contributed by atoms with Gasteiger partial charge in [-0.2, -0.15) is 0 Å². The van der Waals surface area contributed by atoms with Crippen molar-refractivity contribution in [2.45, 2.75) is 38.1 Å². The zero-order chi connectivity index (χ0) is 20.3. The number of carbonyl (C=O) groups is 2. The highest BCUT2D eigenvalue weighted by Gasteiger charge is 2.55. The van der Waals surface area contributed by atoms with Gasteiger partial charge in [0.25, 0.3) is 5.91 Å².